The zero-order valence-electron chi connectivity index (χ0n) is 12.6. The van der Waals surface area contributed by atoms with Crippen LogP contribution in [0.3, 0.4) is 0 Å². The van der Waals surface area contributed by atoms with Gasteiger partial charge in [-0.05, 0) is 12.7 Å². The summed E-state index contributed by atoms with van der Waals surface area (Å²) in [6.45, 7) is 1.99. The first-order valence-corrected chi connectivity index (χ1v) is 9.67. The summed E-state index contributed by atoms with van der Waals surface area (Å²) in [5.74, 6) is 0.292. The second-order valence-electron chi connectivity index (χ2n) is 4.33. The number of carbonyl (C=O) groups is 1. The van der Waals surface area contributed by atoms with E-state index in [4.69, 9.17) is 5.73 Å². The van der Waals surface area contributed by atoms with E-state index in [1.807, 2.05) is 13.2 Å². The maximum atomic E-state index is 12.1. The smallest absolute Gasteiger partial charge is 0.222 e. The lowest BCUT2D eigenvalue weighted by atomic mass is 10.3. The average molecular weight is 366 g/mol. The van der Waals surface area contributed by atoms with E-state index in [1.165, 1.54) is 34.9 Å². The van der Waals surface area contributed by atoms with Crippen molar-refractivity contribution < 1.29 is 4.79 Å². The van der Waals surface area contributed by atoms with Crippen LogP contribution in [0.2, 0.25) is 0 Å². The molecule has 0 aromatic carbocycles. The number of hydrogen-bond donors (Lipinski definition) is 1. The van der Waals surface area contributed by atoms with Crippen molar-refractivity contribution in [2.24, 2.45) is 0 Å². The van der Waals surface area contributed by atoms with E-state index in [0.717, 1.165) is 11.4 Å². The van der Waals surface area contributed by atoms with Crippen LogP contribution in [-0.4, -0.2) is 38.0 Å². The first kappa shape index (κ1) is 17.7. The summed E-state index contributed by atoms with van der Waals surface area (Å²) < 4.78 is 0. The molecule has 0 aliphatic carbocycles. The van der Waals surface area contributed by atoms with Gasteiger partial charge in [-0.25, -0.2) is 9.97 Å². The fourth-order valence-corrected chi connectivity index (χ4v) is 3.91. The predicted octanol–water partition coefficient (Wildman–Crippen LogP) is 1.97. The standard InChI is InChI=1S/C13H14N6OS3/c1-3-9-18-19-10(23-9)4-7(20)6-22-12-8(5-14)11(21-2)16-13(15)17-12/h3-4,6H2,1-2H3,(H2,15,16,17). The van der Waals surface area contributed by atoms with Gasteiger partial charge in [-0.15, -0.1) is 33.3 Å². The molecule has 10 heteroatoms. The zero-order valence-corrected chi connectivity index (χ0v) is 15.0. The van der Waals surface area contributed by atoms with Gasteiger partial charge < -0.3 is 5.73 Å². The van der Waals surface area contributed by atoms with Crippen LogP contribution in [0.25, 0.3) is 0 Å². The number of rotatable bonds is 7. The maximum absolute atomic E-state index is 12.1. The van der Waals surface area contributed by atoms with E-state index in [-0.39, 0.29) is 23.9 Å². The highest BCUT2D eigenvalue weighted by Crippen LogP contribution is 2.28. The Morgan fingerprint density at radius 2 is 2.00 bits per heavy atom. The van der Waals surface area contributed by atoms with Crippen molar-refractivity contribution in [3.05, 3.63) is 15.6 Å². The van der Waals surface area contributed by atoms with Gasteiger partial charge in [0.05, 0.1) is 12.2 Å². The quantitative estimate of drug-likeness (QED) is 0.579. The number of aromatic nitrogens is 4. The van der Waals surface area contributed by atoms with Crippen LogP contribution in [0.1, 0.15) is 22.5 Å². The molecule has 0 aliphatic heterocycles. The summed E-state index contributed by atoms with van der Waals surface area (Å²) >= 11 is 3.96. The molecule has 0 saturated heterocycles. The number of anilines is 1. The second kappa shape index (κ2) is 8.24. The number of thioether (sulfide) groups is 2. The molecule has 0 amide bonds. The van der Waals surface area contributed by atoms with Gasteiger partial charge in [0.2, 0.25) is 5.95 Å². The zero-order chi connectivity index (χ0) is 16.8. The minimum absolute atomic E-state index is 0.000535. The maximum Gasteiger partial charge on any atom is 0.222 e. The molecule has 0 aliphatic rings. The summed E-state index contributed by atoms with van der Waals surface area (Å²) in [6, 6.07) is 2.07. The highest BCUT2D eigenvalue weighted by Gasteiger charge is 2.16. The minimum atomic E-state index is 0.000535. The van der Waals surface area contributed by atoms with Gasteiger partial charge in [-0.1, -0.05) is 18.7 Å². The fourth-order valence-electron chi connectivity index (χ4n) is 1.66. The lowest BCUT2D eigenvalue weighted by molar-refractivity contribution is -0.116. The van der Waals surface area contributed by atoms with Crippen molar-refractivity contribution >= 4 is 46.6 Å². The number of nitrogens with zero attached hydrogens (tertiary/aromatic N) is 5. The summed E-state index contributed by atoms with van der Waals surface area (Å²) in [7, 11) is 0. The molecule has 0 fully saturated rings. The van der Waals surface area contributed by atoms with Gasteiger partial charge in [0.25, 0.3) is 0 Å². The van der Waals surface area contributed by atoms with Crippen molar-refractivity contribution in [3.63, 3.8) is 0 Å². The monoisotopic (exact) mass is 366 g/mol. The number of Topliss-reactive ketones (excluding diaryl/α,β-unsaturated/α-hetero) is 1. The first-order valence-electron chi connectivity index (χ1n) is 6.64. The summed E-state index contributed by atoms with van der Waals surface area (Å²) in [6.07, 6.45) is 2.86. The Kier molecular flexibility index (Phi) is 6.32. The Bertz CT molecular complexity index is 755. The fraction of sp³-hybridized carbons (Fsp3) is 0.385. The van der Waals surface area contributed by atoms with Crippen molar-refractivity contribution in [2.75, 3.05) is 17.7 Å². The topological polar surface area (TPSA) is 118 Å². The summed E-state index contributed by atoms with van der Waals surface area (Å²) in [4.78, 5) is 20.2. The molecule has 0 radical (unpaired) electrons. The van der Waals surface area contributed by atoms with Gasteiger partial charge in [0.1, 0.15) is 37.5 Å². The van der Waals surface area contributed by atoms with E-state index < -0.39 is 0 Å². The molecule has 2 rings (SSSR count). The SMILES string of the molecule is CCc1nnc(CC(=O)CSc2nc(N)nc(SC)c2C#N)s1. The van der Waals surface area contributed by atoms with Crippen LogP contribution in [0.15, 0.2) is 10.1 Å². The molecular weight excluding hydrogens is 352 g/mol. The van der Waals surface area contributed by atoms with Crippen LogP contribution in [0, 0.1) is 11.3 Å². The van der Waals surface area contributed by atoms with Crippen LogP contribution in [-0.2, 0) is 17.6 Å². The van der Waals surface area contributed by atoms with Crippen molar-refractivity contribution in [3.8, 4) is 6.07 Å². The molecule has 0 spiro atoms. The highest BCUT2D eigenvalue weighted by molar-refractivity contribution is 8.00. The Balaban J connectivity index is 2.04. The molecule has 0 bridgehead atoms. The van der Waals surface area contributed by atoms with Gasteiger partial charge in [-0.3, -0.25) is 4.79 Å². The number of nitriles is 1. The lowest BCUT2D eigenvalue weighted by Gasteiger charge is -2.06. The van der Waals surface area contributed by atoms with Crippen LogP contribution in [0.4, 0.5) is 5.95 Å². The molecule has 2 heterocycles. The minimum Gasteiger partial charge on any atom is -0.368 e. The third kappa shape index (κ3) is 4.63. The van der Waals surface area contributed by atoms with Gasteiger partial charge >= 0.3 is 0 Å². The number of aryl methyl sites for hydroxylation is 1. The predicted molar refractivity (Wildman–Crippen MR) is 91.7 cm³/mol. The number of carbonyl (C=O) groups excluding carboxylic acids is 1. The molecule has 0 saturated carbocycles. The molecular formula is C13H14N6OS3. The Hall–Kier alpha value is -1.70. The van der Waals surface area contributed by atoms with Crippen LogP contribution < -0.4 is 5.73 Å². The molecule has 23 heavy (non-hydrogen) atoms. The van der Waals surface area contributed by atoms with E-state index in [0.29, 0.717) is 20.6 Å². The molecule has 2 aromatic rings. The average Bonchev–Trinajstić information content (AvgIpc) is 2.99. The molecule has 2 N–H and O–H groups in total. The number of nitrogens with two attached hydrogens (primary N) is 1. The number of hydrogen-bond acceptors (Lipinski definition) is 10. The van der Waals surface area contributed by atoms with E-state index in [1.54, 1.807) is 0 Å². The molecule has 2 aromatic heterocycles. The Morgan fingerprint density at radius 3 is 2.61 bits per heavy atom. The van der Waals surface area contributed by atoms with Crippen molar-refractivity contribution in [1.29, 1.82) is 5.26 Å². The van der Waals surface area contributed by atoms with Crippen LogP contribution in [0.5, 0.6) is 0 Å². The highest BCUT2D eigenvalue weighted by atomic mass is 32.2. The lowest BCUT2D eigenvalue weighted by Crippen LogP contribution is -2.07. The molecule has 0 unspecified atom stereocenters. The Morgan fingerprint density at radius 1 is 1.30 bits per heavy atom. The second-order valence-corrected chi connectivity index (χ2v) is 7.24. The van der Waals surface area contributed by atoms with Gasteiger partial charge in [0.15, 0.2) is 0 Å². The largest absolute Gasteiger partial charge is 0.368 e. The number of nitrogen functional groups attached to an aromatic ring is 1. The molecule has 7 nitrogen and oxygen atoms in total. The number of ketones is 1. The molecule has 0 atom stereocenters. The summed E-state index contributed by atoms with van der Waals surface area (Å²) in [5, 5.41) is 19.8. The first-order chi connectivity index (χ1) is 11.1. The van der Waals surface area contributed by atoms with Gasteiger partial charge in [-0.2, -0.15) is 5.26 Å². The van der Waals surface area contributed by atoms with Crippen LogP contribution >= 0.6 is 34.9 Å². The third-order valence-electron chi connectivity index (χ3n) is 2.69. The van der Waals surface area contributed by atoms with Gasteiger partial charge in [0, 0.05) is 0 Å². The van der Waals surface area contributed by atoms with E-state index in [2.05, 4.69) is 26.2 Å². The summed E-state index contributed by atoms with van der Waals surface area (Å²) in [5.41, 5.74) is 6.00. The van der Waals surface area contributed by atoms with E-state index >= 15 is 0 Å². The molecule has 120 valence electrons. The Labute approximate surface area is 146 Å². The van der Waals surface area contributed by atoms with Crippen molar-refractivity contribution in [1.82, 2.24) is 20.2 Å². The van der Waals surface area contributed by atoms with E-state index in [9.17, 15) is 10.1 Å². The van der Waals surface area contributed by atoms with Crippen molar-refractivity contribution in [2.45, 2.75) is 29.8 Å². The third-order valence-corrected chi connectivity index (χ3v) is 5.48. The normalized spacial score (nSPS) is 10.5.